The van der Waals surface area contributed by atoms with E-state index < -0.39 is 5.97 Å². The number of nitrogens with zero attached hydrogens (tertiary/aromatic N) is 3. The number of carbonyl (C=O) groups excluding carboxylic acids is 1. The largest absolute Gasteiger partial charge is 0.380 e. The quantitative estimate of drug-likeness (QED) is 0.385. The monoisotopic (exact) mass is 356 g/mol. The maximum atomic E-state index is 11.5. The van der Waals surface area contributed by atoms with Crippen LogP contribution in [0.1, 0.15) is 17.0 Å². The maximum Gasteiger partial charge on any atom is 0.336 e. The van der Waals surface area contributed by atoms with Crippen LogP contribution in [0.25, 0.3) is 0 Å². The average Bonchev–Trinajstić information content (AvgIpc) is 3.05. The lowest BCUT2D eigenvalue weighted by atomic mass is 10.4. The summed E-state index contributed by atoms with van der Waals surface area (Å²) in [7, 11) is 0. The van der Waals surface area contributed by atoms with Crippen LogP contribution >= 0.6 is 27.3 Å². The van der Waals surface area contributed by atoms with Crippen molar-refractivity contribution in [2.45, 2.75) is 19.9 Å². The van der Waals surface area contributed by atoms with Gasteiger partial charge in [0.2, 0.25) is 0 Å². The van der Waals surface area contributed by atoms with Crippen molar-refractivity contribution in [3.05, 3.63) is 38.8 Å². The van der Waals surface area contributed by atoms with Gasteiger partial charge in [-0.15, -0.1) is 11.3 Å². The van der Waals surface area contributed by atoms with Crippen molar-refractivity contribution in [3.8, 4) is 0 Å². The van der Waals surface area contributed by atoms with E-state index in [0.717, 1.165) is 15.0 Å². The van der Waals surface area contributed by atoms with E-state index >= 15 is 0 Å². The van der Waals surface area contributed by atoms with Crippen LogP contribution in [0.2, 0.25) is 0 Å². The molecule has 106 valence electrons. The van der Waals surface area contributed by atoms with Crippen LogP contribution < -0.4 is 5.73 Å². The van der Waals surface area contributed by atoms with E-state index in [9.17, 15) is 4.79 Å². The first kappa shape index (κ1) is 14.7. The van der Waals surface area contributed by atoms with Crippen molar-refractivity contribution in [2.75, 3.05) is 0 Å². The Morgan fingerprint density at radius 3 is 3.05 bits per heavy atom. The lowest BCUT2D eigenvalue weighted by molar-refractivity contribution is -0.143. The minimum absolute atomic E-state index is 0.175. The van der Waals surface area contributed by atoms with Gasteiger partial charge in [0.1, 0.15) is 0 Å². The fraction of sp³-hybridized carbons (Fsp3) is 0.250. The van der Waals surface area contributed by atoms with Gasteiger partial charge in [-0.05, 0) is 34.3 Å². The number of hydrogen-bond donors (Lipinski definition) is 1. The van der Waals surface area contributed by atoms with Crippen LogP contribution in [0.5, 0.6) is 0 Å². The van der Waals surface area contributed by atoms with Gasteiger partial charge in [0.15, 0.2) is 5.84 Å². The fourth-order valence-corrected chi connectivity index (χ4v) is 2.36. The summed E-state index contributed by atoms with van der Waals surface area (Å²) in [4.78, 5) is 17.1. The molecule has 2 aromatic rings. The molecule has 0 radical (unpaired) electrons. The van der Waals surface area contributed by atoms with Crippen LogP contribution in [0.15, 0.2) is 33.3 Å². The van der Waals surface area contributed by atoms with Gasteiger partial charge in [-0.2, -0.15) is 5.10 Å². The molecular formula is C12H13BrN4O2S. The Morgan fingerprint density at radius 2 is 2.45 bits per heavy atom. The number of hydrogen-bond acceptors (Lipinski definition) is 5. The number of nitrogens with two attached hydrogens (primary N) is 1. The zero-order chi connectivity index (χ0) is 14.5. The predicted molar refractivity (Wildman–Crippen MR) is 80.4 cm³/mol. The molecule has 0 bridgehead atoms. The summed E-state index contributed by atoms with van der Waals surface area (Å²) in [6.45, 7) is 2.31. The third kappa shape index (κ3) is 3.91. The Bertz CT molecular complexity index is 602. The van der Waals surface area contributed by atoms with Gasteiger partial charge in [0.05, 0.1) is 28.0 Å². The second-order valence-electron chi connectivity index (χ2n) is 3.99. The summed E-state index contributed by atoms with van der Waals surface area (Å²) in [6, 6.07) is 3.66. The number of oxime groups is 1. The van der Waals surface area contributed by atoms with Crippen molar-refractivity contribution < 1.29 is 9.63 Å². The second-order valence-corrected chi connectivity index (χ2v) is 5.79. The Kier molecular flexibility index (Phi) is 4.91. The van der Waals surface area contributed by atoms with Crippen LogP contribution in [-0.2, 0) is 16.2 Å². The first-order valence-corrected chi connectivity index (χ1v) is 7.50. The van der Waals surface area contributed by atoms with Gasteiger partial charge in [0, 0.05) is 6.20 Å². The summed E-state index contributed by atoms with van der Waals surface area (Å²) < 4.78 is 2.58. The van der Waals surface area contributed by atoms with Crippen molar-refractivity contribution in [1.29, 1.82) is 0 Å². The predicted octanol–water partition coefficient (Wildman–Crippen LogP) is 2.27. The molecule has 20 heavy (non-hydrogen) atoms. The van der Waals surface area contributed by atoms with E-state index in [2.05, 4.69) is 26.2 Å². The zero-order valence-corrected chi connectivity index (χ0v) is 13.1. The van der Waals surface area contributed by atoms with Crippen molar-refractivity contribution >= 4 is 39.1 Å². The van der Waals surface area contributed by atoms with E-state index in [1.165, 1.54) is 11.3 Å². The molecule has 0 saturated heterocycles. The molecule has 0 fully saturated rings. The molecular weight excluding hydrogens is 344 g/mol. The van der Waals surface area contributed by atoms with Gasteiger partial charge in [-0.25, -0.2) is 4.79 Å². The minimum Gasteiger partial charge on any atom is -0.380 e. The number of aryl methyl sites for hydroxylation is 2. The highest BCUT2D eigenvalue weighted by atomic mass is 79.9. The molecule has 6 nitrogen and oxygen atoms in total. The molecule has 0 unspecified atom stereocenters. The van der Waals surface area contributed by atoms with Gasteiger partial charge < -0.3 is 10.6 Å². The molecule has 0 spiro atoms. The Balaban J connectivity index is 1.82. The highest BCUT2D eigenvalue weighted by molar-refractivity contribution is 9.10. The standard InChI is InChI=1S/C12H13BrN4O2S/c1-8-9(13)7-17(15-8)5-4-11(18)19-16-12(14)10-3-2-6-20-10/h2-3,6-7H,4-5H2,1H3,(H2,14,16). The van der Waals surface area contributed by atoms with E-state index in [-0.39, 0.29) is 12.3 Å². The third-order valence-electron chi connectivity index (χ3n) is 2.45. The van der Waals surface area contributed by atoms with Gasteiger partial charge in [-0.3, -0.25) is 4.68 Å². The van der Waals surface area contributed by atoms with E-state index in [1.807, 2.05) is 24.6 Å². The lowest BCUT2D eigenvalue weighted by Gasteiger charge is -2.00. The highest BCUT2D eigenvalue weighted by Gasteiger charge is 2.07. The maximum absolute atomic E-state index is 11.5. The molecule has 0 aliphatic heterocycles. The van der Waals surface area contributed by atoms with Gasteiger partial charge in [0.25, 0.3) is 0 Å². The third-order valence-corrected chi connectivity index (χ3v) is 4.12. The molecule has 0 aromatic carbocycles. The molecule has 2 N–H and O–H groups in total. The number of amidine groups is 1. The van der Waals surface area contributed by atoms with Crippen LogP contribution in [0, 0.1) is 6.92 Å². The van der Waals surface area contributed by atoms with Gasteiger partial charge >= 0.3 is 5.97 Å². The lowest BCUT2D eigenvalue weighted by Crippen LogP contribution is -2.14. The Morgan fingerprint density at radius 1 is 1.65 bits per heavy atom. The molecule has 0 atom stereocenters. The molecule has 0 aliphatic carbocycles. The first-order valence-electron chi connectivity index (χ1n) is 5.83. The van der Waals surface area contributed by atoms with Gasteiger partial charge in [-0.1, -0.05) is 11.2 Å². The number of carbonyl (C=O) groups is 1. The summed E-state index contributed by atoms with van der Waals surface area (Å²) in [5.74, 6) is -0.250. The van der Waals surface area contributed by atoms with Crippen LogP contribution in [-0.4, -0.2) is 21.6 Å². The first-order chi connectivity index (χ1) is 9.56. The smallest absolute Gasteiger partial charge is 0.336 e. The van der Waals surface area contributed by atoms with Crippen molar-refractivity contribution in [3.63, 3.8) is 0 Å². The molecule has 0 amide bonds. The SMILES string of the molecule is Cc1nn(CCC(=O)O/N=C(\N)c2cccs2)cc1Br. The zero-order valence-electron chi connectivity index (χ0n) is 10.7. The van der Waals surface area contributed by atoms with E-state index in [0.29, 0.717) is 6.54 Å². The fourth-order valence-electron chi connectivity index (χ4n) is 1.43. The molecule has 0 aliphatic rings. The van der Waals surface area contributed by atoms with Crippen LogP contribution in [0.3, 0.4) is 0 Å². The summed E-state index contributed by atoms with van der Waals surface area (Å²) in [6.07, 6.45) is 1.99. The molecule has 2 heterocycles. The molecule has 2 aromatic heterocycles. The number of thiophene rings is 1. The summed E-state index contributed by atoms with van der Waals surface area (Å²) in [5.41, 5.74) is 6.55. The molecule has 2 rings (SSSR count). The van der Waals surface area contributed by atoms with Crippen molar-refractivity contribution in [2.24, 2.45) is 10.9 Å². The summed E-state index contributed by atoms with van der Waals surface area (Å²) >= 11 is 4.79. The number of rotatable bonds is 5. The highest BCUT2D eigenvalue weighted by Crippen LogP contribution is 2.13. The van der Waals surface area contributed by atoms with E-state index in [4.69, 9.17) is 10.6 Å². The van der Waals surface area contributed by atoms with Crippen molar-refractivity contribution in [1.82, 2.24) is 9.78 Å². The second kappa shape index (κ2) is 6.67. The normalized spacial score (nSPS) is 11.6. The topological polar surface area (TPSA) is 82.5 Å². The Hall–Kier alpha value is -1.67. The number of halogens is 1. The number of aromatic nitrogens is 2. The minimum atomic E-state index is -0.450. The summed E-state index contributed by atoms with van der Waals surface area (Å²) in [5, 5.41) is 9.71. The average molecular weight is 357 g/mol. The molecule has 0 saturated carbocycles. The van der Waals surface area contributed by atoms with Crippen LogP contribution in [0.4, 0.5) is 0 Å². The van der Waals surface area contributed by atoms with E-state index in [1.54, 1.807) is 10.7 Å². The molecule has 8 heteroatoms. The Labute approximate surface area is 128 Å².